The van der Waals surface area contributed by atoms with Crippen LogP contribution in [0.25, 0.3) is 0 Å². The van der Waals surface area contributed by atoms with Crippen LogP contribution >= 0.6 is 11.8 Å². The highest BCUT2D eigenvalue weighted by molar-refractivity contribution is 7.99. The third kappa shape index (κ3) is 5.47. The van der Waals surface area contributed by atoms with Crippen LogP contribution in [-0.4, -0.2) is 36.0 Å². The van der Waals surface area contributed by atoms with Gasteiger partial charge in [0.1, 0.15) is 0 Å². The predicted octanol–water partition coefficient (Wildman–Crippen LogP) is 2.49. The average Bonchev–Trinajstić information content (AvgIpc) is 2.96. The molecular formula is C14H23N3OS. The number of nitrogens with zero attached hydrogens (tertiary/aromatic N) is 2. The second-order valence-corrected chi connectivity index (χ2v) is 5.99. The molecule has 1 aliphatic rings. The van der Waals surface area contributed by atoms with E-state index in [0.717, 1.165) is 36.3 Å². The summed E-state index contributed by atoms with van der Waals surface area (Å²) in [7, 11) is 1.71. The van der Waals surface area contributed by atoms with E-state index in [2.05, 4.69) is 15.3 Å². The Kier molecular flexibility index (Phi) is 6.61. The van der Waals surface area contributed by atoms with Crippen molar-refractivity contribution in [1.82, 2.24) is 15.3 Å². The zero-order chi connectivity index (χ0) is 13.3. The standard InChI is InChI=1S/C14H23N3OS/c1-18-7-6-15-8-13-9-16-14(17-10-13)19-11-12-4-2-3-5-12/h9-10,12,15H,2-8,11H2,1H3. The van der Waals surface area contributed by atoms with E-state index in [4.69, 9.17) is 4.74 Å². The summed E-state index contributed by atoms with van der Waals surface area (Å²) in [6.07, 6.45) is 9.41. The highest BCUT2D eigenvalue weighted by Gasteiger charge is 2.15. The van der Waals surface area contributed by atoms with Crippen LogP contribution in [0.5, 0.6) is 0 Å². The summed E-state index contributed by atoms with van der Waals surface area (Å²) in [6, 6.07) is 0. The van der Waals surface area contributed by atoms with Gasteiger partial charge < -0.3 is 10.1 Å². The Morgan fingerprint density at radius 2 is 2.05 bits per heavy atom. The van der Waals surface area contributed by atoms with Crippen molar-refractivity contribution in [1.29, 1.82) is 0 Å². The van der Waals surface area contributed by atoms with Crippen LogP contribution in [0.15, 0.2) is 17.6 Å². The van der Waals surface area contributed by atoms with Gasteiger partial charge in [-0.05, 0) is 18.8 Å². The second kappa shape index (κ2) is 8.51. The first-order chi connectivity index (χ1) is 9.38. The molecule has 0 unspecified atom stereocenters. The van der Waals surface area contributed by atoms with Gasteiger partial charge in [0.15, 0.2) is 5.16 Å². The lowest BCUT2D eigenvalue weighted by molar-refractivity contribution is 0.199. The van der Waals surface area contributed by atoms with Crippen molar-refractivity contribution in [3.05, 3.63) is 18.0 Å². The monoisotopic (exact) mass is 281 g/mol. The number of rotatable bonds is 8. The maximum absolute atomic E-state index is 4.98. The quantitative estimate of drug-likeness (QED) is 0.451. The van der Waals surface area contributed by atoms with Gasteiger partial charge in [-0.1, -0.05) is 24.6 Å². The van der Waals surface area contributed by atoms with Gasteiger partial charge in [0.2, 0.25) is 0 Å². The van der Waals surface area contributed by atoms with Gasteiger partial charge in [-0.25, -0.2) is 9.97 Å². The van der Waals surface area contributed by atoms with Crippen molar-refractivity contribution in [2.45, 2.75) is 37.4 Å². The molecule has 0 atom stereocenters. The van der Waals surface area contributed by atoms with Crippen molar-refractivity contribution in [2.75, 3.05) is 26.0 Å². The van der Waals surface area contributed by atoms with E-state index < -0.39 is 0 Å². The molecule has 0 saturated heterocycles. The molecule has 1 aromatic heterocycles. The van der Waals surface area contributed by atoms with Gasteiger partial charge >= 0.3 is 0 Å². The molecule has 0 aromatic carbocycles. The second-order valence-electron chi connectivity index (χ2n) is 5.00. The molecule has 0 amide bonds. The number of hydrogen-bond acceptors (Lipinski definition) is 5. The molecule has 5 heteroatoms. The summed E-state index contributed by atoms with van der Waals surface area (Å²) in [5.41, 5.74) is 1.13. The molecule has 1 fully saturated rings. The summed E-state index contributed by atoms with van der Waals surface area (Å²) in [5, 5.41) is 4.20. The van der Waals surface area contributed by atoms with Crippen LogP contribution in [0.3, 0.4) is 0 Å². The van der Waals surface area contributed by atoms with E-state index in [-0.39, 0.29) is 0 Å². The van der Waals surface area contributed by atoms with Crippen LogP contribution in [0.1, 0.15) is 31.2 Å². The van der Waals surface area contributed by atoms with Crippen molar-refractivity contribution in [2.24, 2.45) is 5.92 Å². The van der Waals surface area contributed by atoms with Crippen LogP contribution < -0.4 is 5.32 Å². The Labute approximate surface area is 119 Å². The fourth-order valence-corrected chi connectivity index (χ4v) is 3.26. The van der Waals surface area contributed by atoms with E-state index in [1.54, 1.807) is 18.9 Å². The minimum Gasteiger partial charge on any atom is -0.383 e. The fraction of sp³-hybridized carbons (Fsp3) is 0.714. The van der Waals surface area contributed by atoms with E-state index in [1.807, 2.05) is 12.4 Å². The topological polar surface area (TPSA) is 47.0 Å². The van der Waals surface area contributed by atoms with Gasteiger partial charge in [-0.3, -0.25) is 0 Å². The molecule has 1 heterocycles. The van der Waals surface area contributed by atoms with Gasteiger partial charge in [-0.2, -0.15) is 0 Å². The number of nitrogens with one attached hydrogen (secondary N) is 1. The molecular weight excluding hydrogens is 258 g/mol. The summed E-state index contributed by atoms with van der Waals surface area (Å²) < 4.78 is 4.98. The summed E-state index contributed by atoms with van der Waals surface area (Å²) >= 11 is 1.80. The van der Waals surface area contributed by atoms with Crippen LogP contribution in [0, 0.1) is 5.92 Å². The largest absolute Gasteiger partial charge is 0.383 e. The normalized spacial score (nSPS) is 16.1. The molecule has 0 bridgehead atoms. The van der Waals surface area contributed by atoms with Crippen molar-refractivity contribution in [3.8, 4) is 0 Å². The number of hydrogen-bond donors (Lipinski definition) is 1. The highest BCUT2D eigenvalue weighted by atomic mass is 32.2. The maximum atomic E-state index is 4.98. The van der Waals surface area contributed by atoms with Gasteiger partial charge in [0, 0.05) is 43.9 Å². The van der Waals surface area contributed by atoms with Gasteiger partial charge in [0.05, 0.1) is 6.61 Å². The Morgan fingerprint density at radius 3 is 2.74 bits per heavy atom. The van der Waals surface area contributed by atoms with E-state index in [9.17, 15) is 0 Å². The first-order valence-corrected chi connectivity index (χ1v) is 8.00. The predicted molar refractivity (Wildman–Crippen MR) is 78.3 cm³/mol. The Balaban J connectivity index is 1.68. The molecule has 2 rings (SSSR count). The first-order valence-electron chi connectivity index (χ1n) is 7.02. The molecule has 1 aromatic rings. The smallest absolute Gasteiger partial charge is 0.187 e. The Hall–Kier alpha value is -0.650. The first kappa shape index (κ1) is 14.8. The molecule has 4 nitrogen and oxygen atoms in total. The summed E-state index contributed by atoms with van der Waals surface area (Å²) in [4.78, 5) is 8.84. The number of thioether (sulfide) groups is 1. The van der Waals surface area contributed by atoms with Crippen molar-refractivity contribution < 1.29 is 4.74 Å². The molecule has 0 spiro atoms. The third-order valence-corrected chi connectivity index (χ3v) is 4.52. The average molecular weight is 281 g/mol. The molecule has 1 saturated carbocycles. The highest BCUT2D eigenvalue weighted by Crippen LogP contribution is 2.29. The molecule has 0 aliphatic heterocycles. The van der Waals surface area contributed by atoms with Crippen LogP contribution in [0.4, 0.5) is 0 Å². The lowest BCUT2D eigenvalue weighted by atomic mass is 10.1. The zero-order valence-electron chi connectivity index (χ0n) is 11.6. The minimum absolute atomic E-state index is 0.732. The Morgan fingerprint density at radius 1 is 1.32 bits per heavy atom. The molecule has 0 radical (unpaired) electrons. The fourth-order valence-electron chi connectivity index (χ4n) is 2.29. The van der Waals surface area contributed by atoms with E-state index in [1.165, 1.54) is 31.4 Å². The number of aromatic nitrogens is 2. The summed E-state index contributed by atoms with van der Waals surface area (Å²) in [5.74, 6) is 2.05. The third-order valence-electron chi connectivity index (χ3n) is 3.42. The maximum Gasteiger partial charge on any atom is 0.187 e. The van der Waals surface area contributed by atoms with Crippen LogP contribution in [0.2, 0.25) is 0 Å². The lowest BCUT2D eigenvalue weighted by Gasteiger charge is -2.07. The number of methoxy groups -OCH3 is 1. The number of ether oxygens (including phenoxy) is 1. The van der Waals surface area contributed by atoms with Crippen molar-refractivity contribution >= 4 is 11.8 Å². The zero-order valence-corrected chi connectivity index (χ0v) is 12.4. The van der Waals surface area contributed by atoms with Crippen molar-refractivity contribution in [3.63, 3.8) is 0 Å². The van der Waals surface area contributed by atoms with Gasteiger partial charge in [0.25, 0.3) is 0 Å². The molecule has 1 N–H and O–H groups in total. The Bertz CT molecular complexity index is 352. The summed E-state index contributed by atoms with van der Waals surface area (Å²) in [6.45, 7) is 2.39. The SMILES string of the molecule is COCCNCc1cnc(SCC2CCCC2)nc1. The lowest BCUT2D eigenvalue weighted by Crippen LogP contribution is -2.18. The van der Waals surface area contributed by atoms with Crippen LogP contribution in [-0.2, 0) is 11.3 Å². The molecule has 1 aliphatic carbocycles. The van der Waals surface area contributed by atoms with E-state index in [0.29, 0.717) is 0 Å². The van der Waals surface area contributed by atoms with E-state index >= 15 is 0 Å². The molecule has 19 heavy (non-hydrogen) atoms. The molecule has 106 valence electrons. The van der Waals surface area contributed by atoms with Gasteiger partial charge in [-0.15, -0.1) is 0 Å². The minimum atomic E-state index is 0.732.